The molecule has 3 heteroatoms. The van der Waals surface area contributed by atoms with Crippen molar-refractivity contribution < 1.29 is 4.19 Å². The zero-order valence-corrected chi connectivity index (χ0v) is 6.14. The van der Waals surface area contributed by atoms with E-state index in [-0.39, 0.29) is 0 Å². The van der Waals surface area contributed by atoms with Crippen molar-refractivity contribution in [2.24, 2.45) is 0 Å². The van der Waals surface area contributed by atoms with Crippen LogP contribution in [0.5, 0.6) is 0 Å². The van der Waals surface area contributed by atoms with Crippen molar-refractivity contribution in [1.29, 1.82) is 0 Å². The van der Waals surface area contributed by atoms with Gasteiger partial charge in [0.1, 0.15) is 0 Å². The van der Waals surface area contributed by atoms with Crippen LogP contribution in [0, 0.1) is 0 Å². The van der Waals surface area contributed by atoms with Crippen LogP contribution in [0.4, 0.5) is 0 Å². The van der Waals surface area contributed by atoms with Gasteiger partial charge in [0.05, 0.1) is 0 Å². The van der Waals surface area contributed by atoms with E-state index in [1.54, 1.807) is 16.0 Å². The summed E-state index contributed by atoms with van der Waals surface area (Å²) in [4.78, 5) is 3.49. The number of allylic oxidation sites excluding steroid dienone is 2. The molecule has 0 saturated carbocycles. The Morgan fingerprint density at radius 1 is 1.71 bits per heavy atom. The fourth-order valence-corrected chi connectivity index (χ4v) is 2.68. The van der Waals surface area contributed by atoms with Gasteiger partial charge in [0.2, 0.25) is 0 Å². The van der Waals surface area contributed by atoms with E-state index in [2.05, 4.69) is 0 Å². The second kappa shape index (κ2) is 2.01. The zero-order valence-electron chi connectivity index (χ0n) is 3.50. The Hall–Kier alpha value is 0.249. The van der Waals surface area contributed by atoms with Gasteiger partial charge in [-0.3, -0.25) is 0 Å². The first-order chi connectivity index (χ1) is 3.29. The molecule has 0 aliphatic carbocycles. The topological polar surface area (TPSA) is 20.2 Å². The molecular weight excluding hydrogens is 178 g/mol. The molecule has 0 aromatic heterocycles. The molecule has 1 nitrogen and oxygen atoms in total. The summed E-state index contributed by atoms with van der Waals surface area (Å²) in [5.41, 5.74) is 0. The van der Waals surface area contributed by atoms with Crippen LogP contribution in [0.25, 0.3) is 0 Å². The first kappa shape index (κ1) is 5.39. The SMILES string of the molecule is O[SeH]1C=CC(Cl)=C1. The van der Waals surface area contributed by atoms with Gasteiger partial charge in [0.15, 0.2) is 0 Å². The predicted octanol–water partition coefficient (Wildman–Crippen LogP) is 0.473. The van der Waals surface area contributed by atoms with Crippen LogP contribution >= 0.6 is 11.6 Å². The van der Waals surface area contributed by atoms with Crippen LogP contribution in [-0.4, -0.2) is 18.4 Å². The van der Waals surface area contributed by atoms with Gasteiger partial charge >= 0.3 is 51.1 Å². The van der Waals surface area contributed by atoms with E-state index in [0.717, 1.165) is 0 Å². The van der Waals surface area contributed by atoms with E-state index < -0.39 is 14.2 Å². The summed E-state index contributed by atoms with van der Waals surface area (Å²) in [7, 11) is 0. The number of rotatable bonds is 0. The minimum absolute atomic E-state index is 0.683. The van der Waals surface area contributed by atoms with Crippen molar-refractivity contribution in [2.75, 3.05) is 0 Å². The third kappa shape index (κ3) is 1.32. The Labute approximate surface area is 51.5 Å². The molecule has 1 aliphatic rings. The van der Waals surface area contributed by atoms with Crippen molar-refractivity contribution in [3.63, 3.8) is 0 Å². The zero-order chi connectivity index (χ0) is 5.28. The monoisotopic (exact) mass is 184 g/mol. The maximum absolute atomic E-state index is 8.80. The maximum atomic E-state index is 8.80. The Bertz CT molecular complexity index is 130. The molecule has 0 amide bonds. The molecule has 1 aliphatic heterocycles. The molecule has 0 radical (unpaired) electrons. The fourth-order valence-electron chi connectivity index (χ4n) is 0.360. The first-order valence-corrected chi connectivity index (χ1v) is 5.20. The van der Waals surface area contributed by atoms with Gasteiger partial charge in [0, 0.05) is 0 Å². The van der Waals surface area contributed by atoms with Gasteiger partial charge in [-0.05, 0) is 0 Å². The van der Waals surface area contributed by atoms with Crippen LogP contribution in [0.15, 0.2) is 21.1 Å². The molecule has 1 heterocycles. The van der Waals surface area contributed by atoms with Crippen LogP contribution in [0.3, 0.4) is 0 Å². The van der Waals surface area contributed by atoms with Gasteiger partial charge in [-0.15, -0.1) is 0 Å². The van der Waals surface area contributed by atoms with Crippen molar-refractivity contribution >= 4 is 25.8 Å². The summed E-state index contributed by atoms with van der Waals surface area (Å²) in [5.74, 6) is 0. The van der Waals surface area contributed by atoms with Crippen molar-refractivity contribution in [3.05, 3.63) is 21.1 Å². The summed E-state index contributed by atoms with van der Waals surface area (Å²) in [6, 6.07) is 0. The summed E-state index contributed by atoms with van der Waals surface area (Å²) in [6.07, 6.45) is 1.74. The molecule has 0 saturated heterocycles. The quantitative estimate of drug-likeness (QED) is 0.542. The van der Waals surface area contributed by atoms with Gasteiger partial charge in [-0.25, -0.2) is 0 Å². The molecular formula is C4H5ClOSe. The number of halogens is 1. The molecule has 0 fully saturated rings. The van der Waals surface area contributed by atoms with E-state index >= 15 is 0 Å². The van der Waals surface area contributed by atoms with Gasteiger partial charge < -0.3 is 0 Å². The van der Waals surface area contributed by atoms with E-state index in [1.807, 2.05) is 0 Å². The van der Waals surface area contributed by atoms with E-state index in [1.165, 1.54) is 0 Å². The molecule has 1 unspecified atom stereocenters. The standard InChI is InChI=1S/C4H5ClOSe/c5-4-1-2-7(6)3-4/h1-3,6-7H. The van der Waals surface area contributed by atoms with E-state index in [4.69, 9.17) is 15.8 Å². The van der Waals surface area contributed by atoms with Crippen molar-refractivity contribution in [3.8, 4) is 0 Å². The molecule has 0 spiro atoms. The Morgan fingerprint density at radius 3 is 2.57 bits per heavy atom. The minimum atomic E-state index is -1.64. The van der Waals surface area contributed by atoms with E-state index in [9.17, 15) is 0 Å². The van der Waals surface area contributed by atoms with Gasteiger partial charge in [0.25, 0.3) is 0 Å². The number of hydrogen-bond donors (Lipinski definition) is 1. The predicted molar refractivity (Wildman–Crippen MR) is 32.4 cm³/mol. The molecule has 1 atom stereocenters. The van der Waals surface area contributed by atoms with Gasteiger partial charge in [-0.1, -0.05) is 0 Å². The molecule has 1 N–H and O–H groups in total. The Kier molecular flexibility index (Phi) is 1.55. The average Bonchev–Trinajstić information content (AvgIpc) is 1.87. The second-order valence-corrected chi connectivity index (χ2v) is 4.41. The second-order valence-electron chi connectivity index (χ2n) is 1.21. The third-order valence-electron chi connectivity index (χ3n) is 0.642. The van der Waals surface area contributed by atoms with Crippen molar-refractivity contribution in [2.45, 2.75) is 0 Å². The average molecular weight is 183 g/mol. The Morgan fingerprint density at radius 2 is 2.43 bits per heavy atom. The van der Waals surface area contributed by atoms with Gasteiger partial charge in [-0.2, -0.15) is 0 Å². The van der Waals surface area contributed by atoms with E-state index in [0.29, 0.717) is 5.03 Å². The summed E-state index contributed by atoms with van der Waals surface area (Å²) >= 11 is 3.82. The molecule has 1 rings (SSSR count). The summed E-state index contributed by atoms with van der Waals surface area (Å²) in [5, 5.41) is 0.683. The summed E-state index contributed by atoms with van der Waals surface area (Å²) < 4.78 is 8.80. The molecule has 0 bridgehead atoms. The molecule has 0 aromatic carbocycles. The Balaban J connectivity index is 2.69. The first-order valence-electron chi connectivity index (χ1n) is 1.82. The van der Waals surface area contributed by atoms with Crippen molar-refractivity contribution in [1.82, 2.24) is 0 Å². The molecule has 0 aromatic rings. The van der Waals surface area contributed by atoms with Crippen LogP contribution in [0.1, 0.15) is 0 Å². The molecule has 40 valence electrons. The normalized spacial score (nSPS) is 33.4. The third-order valence-corrected chi connectivity index (χ3v) is 3.30. The molecule has 7 heavy (non-hydrogen) atoms. The van der Waals surface area contributed by atoms with Crippen LogP contribution in [0.2, 0.25) is 0 Å². The van der Waals surface area contributed by atoms with Crippen LogP contribution in [-0.2, 0) is 0 Å². The number of hydrogen-bond acceptors (Lipinski definition) is 1. The van der Waals surface area contributed by atoms with Crippen LogP contribution < -0.4 is 0 Å². The summed E-state index contributed by atoms with van der Waals surface area (Å²) in [6.45, 7) is 0. The fraction of sp³-hybridized carbons (Fsp3) is 0.